The van der Waals surface area contributed by atoms with Crippen molar-refractivity contribution in [2.24, 2.45) is 0 Å². The molecule has 0 fully saturated rings. The molecule has 3 rings (SSSR count). The largest absolute Gasteiger partial charge is 0.319 e. The van der Waals surface area contributed by atoms with Gasteiger partial charge in [-0.2, -0.15) is 4.68 Å². The molecule has 10 heteroatoms. The Hall–Kier alpha value is -2.39. The number of aromatic nitrogens is 5. The maximum absolute atomic E-state index is 13.9. The van der Waals surface area contributed by atoms with Crippen molar-refractivity contribution >= 4 is 34.5 Å². The molecular formula is C12H8ClFN6OS. The van der Waals surface area contributed by atoms with Crippen LogP contribution in [0.15, 0.2) is 23.7 Å². The minimum absolute atomic E-state index is 0.00173. The van der Waals surface area contributed by atoms with Crippen LogP contribution in [0.2, 0.25) is 5.15 Å². The molecule has 22 heavy (non-hydrogen) atoms. The fourth-order valence-corrected chi connectivity index (χ4v) is 2.67. The number of halogens is 2. The van der Waals surface area contributed by atoms with Gasteiger partial charge in [-0.25, -0.2) is 9.37 Å². The number of nitrogens with one attached hydrogen (secondary N) is 1. The molecule has 0 spiro atoms. The van der Waals surface area contributed by atoms with Crippen molar-refractivity contribution in [1.82, 2.24) is 25.2 Å². The van der Waals surface area contributed by atoms with Gasteiger partial charge in [-0.05, 0) is 35.5 Å². The van der Waals surface area contributed by atoms with Crippen LogP contribution in [0, 0.1) is 12.7 Å². The maximum atomic E-state index is 13.9. The third-order valence-corrected chi connectivity index (χ3v) is 4.02. The summed E-state index contributed by atoms with van der Waals surface area (Å²) in [5.41, 5.74) is 1.96. The lowest BCUT2D eigenvalue weighted by atomic mass is 10.2. The molecule has 2 aromatic heterocycles. The molecule has 0 aliphatic carbocycles. The van der Waals surface area contributed by atoms with Crippen molar-refractivity contribution in [1.29, 1.82) is 0 Å². The number of hydrogen-bond donors (Lipinski definition) is 1. The first-order valence-corrected chi connectivity index (χ1v) is 7.27. The topological polar surface area (TPSA) is 85.6 Å². The predicted molar refractivity (Wildman–Crippen MR) is 78.9 cm³/mol. The average molecular weight is 339 g/mol. The molecule has 0 atom stereocenters. The third kappa shape index (κ3) is 2.68. The van der Waals surface area contributed by atoms with Crippen LogP contribution >= 0.6 is 22.9 Å². The molecule has 0 bridgehead atoms. The standard InChI is InChI=1S/C12H8ClFN6OS/c1-6-17-18-19-20(6)7-2-3-8(14)9(4-7)16-12(21)10-11(13)15-5-22-10/h2-5H,1H3,(H,16,21). The summed E-state index contributed by atoms with van der Waals surface area (Å²) >= 11 is 6.86. The monoisotopic (exact) mass is 338 g/mol. The van der Waals surface area contributed by atoms with E-state index in [1.165, 1.54) is 28.4 Å². The molecule has 1 N–H and O–H groups in total. The number of nitrogens with zero attached hydrogens (tertiary/aromatic N) is 5. The molecule has 1 aromatic carbocycles. The minimum Gasteiger partial charge on any atom is -0.319 e. The molecule has 0 aliphatic heterocycles. The van der Waals surface area contributed by atoms with Gasteiger partial charge >= 0.3 is 0 Å². The minimum atomic E-state index is -0.580. The molecule has 112 valence electrons. The van der Waals surface area contributed by atoms with Crippen LogP contribution in [0.1, 0.15) is 15.5 Å². The van der Waals surface area contributed by atoms with Crippen molar-refractivity contribution in [3.8, 4) is 5.69 Å². The summed E-state index contributed by atoms with van der Waals surface area (Å²) in [6.07, 6.45) is 0. The molecule has 0 aliphatic rings. The molecule has 0 saturated carbocycles. The van der Waals surface area contributed by atoms with Crippen LogP contribution in [-0.2, 0) is 0 Å². The van der Waals surface area contributed by atoms with E-state index in [9.17, 15) is 9.18 Å². The van der Waals surface area contributed by atoms with Crippen molar-refractivity contribution < 1.29 is 9.18 Å². The molecule has 0 saturated heterocycles. The first-order chi connectivity index (χ1) is 10.6. The van der Waals surface area contributed by atoms with E-state index in [0.717, 1.165) is 11.3 Å². The van der Waals surface area contributed by atoms with Gasteiger partial charge in [0, 0.05) is 0 Å². The van der Waals surface area contributed by atoms with E-state index in [1.807, 2.05) is 0 Å². The highest BCUT2D eigenvalue weighted by Gasteiger charge is 2.16. The van der Waals surface area contributed by atoms with Gasteiger partial charge in [-0.3, -0.25) is 4.79 Å². The summed E-state index contributed by atoms with van der Waals surface area (Å²) in [6, 6.07) is 4.17. The Morgan fingerprint density at radius 2 is 2.27 bits per heavy atom. The van der Waals surface area contributed by atoms with Gasteiger partial charge in [0.15, 0.2) is 11.0 Å². The van der Waals surface area contributed by atoms with Crippen molar-refractivity contribution in [2.75, 3.05) is 5.32 Å². The van der Waals surface area contributed by atoms with Gasteiger partial charge in [0.05, 0.1) is 16.9 Å². The summed E-state index contributed by atoms with van der Waals surface area (Å²) in [5.74, 6) is -0.574. The maximum Gasteiger partial charge on any atom is 0.269 e. The summed E-state index contributed by atoms with van der Waals surface area (Å²) in [5, 5.41) is 13.6. The van der Waals surface area contributed by atoms with Crippen LogP contribution < -0.4 is 5.32 Å². The lowest BCUT2D eigenvalue weighted by Crippen LogP contribution is -2.13. The molecule has 2 heterocycles. The number of carbonyl (C=O) groups is 1. The Morgan fingerprint density at radius 3 is 2.91 bits per heavy atom. The zero-order valence-corrected chi connectivity index (χ0v) is 12.7. The fourth-order valence-electron chi connectivity index (χ4n) is 1.77. The van der Waals surface area contributed by atoms with E-state index >= 15 is 0 Å². The van der Waals surface area contributed by atoms with Gasteiger partial charge in [-0.15, -0.1) is 16.4 Å². The Kier molecular flexibility index (Phi) is 3.82. The number of thiazole rings is 1. The Bertz CT molecular complexity index is 848. The third-order valence-electron chi connectivity index (χ3n) is 2.80. The highest BCUT2D eigenvalue weighted by atomic mass is 35.5. The van der Waals surface area contributed by atoms with Crippen LogP contribution in [0.5, 0.6) is 0 Å². The van der Waals surface area contributed by atoms with Crippen LogP contribution in [0.25, 0.3) is 5.69 Å². The molecule has 1 amide bonds. The summed E-state index contributed by atoms with van der Waals surface area (Å²) in [6.45, 7) is 1.71. The van der Waals surface area contributed by atoms with E-state index in [4.69, 9.17) is 11.6 Å². The van der Waals surface area contributed by atoms with Gasteiger partial charge in [0.1, 0.15) is 10.7 Å². The smallest absolute Gasteiger partial charge is 0.269 e. The second-order valence-corrected chi connectivity index (χ2v) is 5.44. The van der Waals surface area contributed by atoms with E-state index < -0.39 is 11.7 Å². The molecular weight excluding hydrogens is 331 g/mol. The summed E-state index contributed by atoms with van der Waals surface area (Å²) < 4.78 is 15.3. The van der Waals surface area contributed by atoms with E-state index in [1.54, 1.807) is 6.92 Å². The highest BCUT2D eigenvalue weighted by Crippen LogP contribution is 2.23. The van der Waals surface area contributed by atoms with Gasteiger partial charge in [0.2, 0.25) is 0 Å². The number of anilines is 1. The van der Waals surface area contributed by atoms with Gasteiger partial charge in [-0.1, -0.05) is 11.6 Å². The first-order valence-electron chi connectivity index (χ1n) is 6.01. The second-order valence-electron chi connectivity index (χ2n) is 4.23. The number of hydrogen-bond acceptors (Lipinski definition) is 6. The number of tetrazole rings is 1. The zero-order valence-electron chi connectivity index (χ0n) is 11.1. The quantitative estimate of drug-likeness (QED) is 0.793. The van der Waals surface area contributed by atoms with Gasteiger partial charge < -0.3 is 5.32 Å². The summed E-state index contributed by atoms with van der Waals surface area (Å²) in [7, 11) is 0. The fraction of sp³-hybridized carbons (Fsp3) is 0.0833. The molecule has 0 radical (unpaired) electrons. The van der Waals surface area contributed by atoms with Gasteiger partial charge in [0.25, 0.3) is 5.91 Å². The van der Waals surface area contributed by atoms with Crippen LogP contribution in [-0.4, -0.2) is 31.1 Å². The Morgan fingerprint density at radius 1 is 1.45 bits per heavy atom. The highest BCUT2D eigenvalue weighted by molar-refractivity contribution is 7.12. The Balaban J connectivity index is 1.93. The number of benzene rings is 1. The lowest BCUT2D eigenvalue weighted by molar-refractivity contribution is 0.103. The predicted octanol–water partition coefficient (Wildman–Crippen LogP) is 2.47. The van der Waals surface area contributed by atoms with Crippen molar-refractivity contribution in [3.05, 3.63) is 45.4 Å². The van der Waals surface area contributed by atoms with Crippen molar-refractivity contribution in [3.63, 3.8) is 0 Å². The normalized spacial score (nSPS) is 10.7. The summed E-state index contributed by atoms with van der Waals surface area (Å²) in [4.78, 5) is 16.1. The second kappa shape index (κ2) is 5.78. The van der Waals surface area contributed by atoms with E-state index in [0.29, 0.717) is 11.5 Å². The number of amides is 1. The van der Waals surface area contributed by atoms with E-state index in [2.05, 4.69) is 25.8 Å². The first kappa shape index (κ1) is 14.5. The SMILES string of the molecule is Cc1nnnn1-c1ccc(F)c(NC(=O)c2scnc2Cl)c1. The number of rotatable bonds is 3. The van der Waals surface area contributed by atoms with Crippen LogP contribution in [0.4, 0.5) is 10.1 Å². The van der Waals surface area contributed by atoms with Crippen molar-refractivity contribution in [2.45, 2.75) is 6.92 Å². The van der Waals surface area contributed by atoms with E-state index in [-0.39, 0.29) is 15.7 Å². The lowest BCUT2D eigenvalue weighted by Gasteiger charge is -2.08. The number of aryl methyl sites for hydroxylation is 1. The molecule has 0 unspecified atom stereocenters. The molecule has 3 aromatic rings. The Labute approximate surface area is 132 Å². The number of carbonyl (C=O) groups excluding carboxylic acids is 1. The van der Waals surface area contributed by atoms with Crippen LogP contribution in [0.3, 0.4) is 0 Å². The average Bonchev–Trinajstić information content (AvgIpc) is 3.10. The zero-order chi connectivity index (χ0) is 15.7. The molecule has 7 nitrogen and oxygen atoms in total.